The molecule has 1 aliphatic rings. The molecule has 1 saturated carbocycles. The number of aliphatic hydroxyl groups excluding tert-OH is 1. The number of rotatable bonds is 8. The molecular formula is C15H31NO2. The van der Waals surface area contributed by atoms with Gasteiger partial charge in [0, 0.05) is 25.8 Å². The van der Waals surface area contributed by atoms with Crippen LogP contribution >= 0.6 is 0 Å². The standard InChI is InChI=1S/C15H31NO2/c1-4-10-18-11-9-15(12-16-13(2)3)7-5-14(17)6-8-15/h13-14,16-17H,4-12H2,1-3H3. The number of hydrogen-bond acceptors (Lipinski definition) is 3. The van der Waals surface area contributed by atoms with Gasteiger partial charge in [0.25, 0.3) is 0 Å². The first kappa shape index (κ1) is 15.9. The normalized spacial score (nSPS) is 28.8. The van der Waals surface area contributed by atoms with E-state index in [1.165, 1.54) is 0 Å². The van der Waals surface area contributed by atoms with Crippen LogP contribution in [-0.4, -0.2) is 37.0 Å². The molecule has 2 N–H and O–H groups in total. The molecule has 0 unspecified atom stereocenters. The molecule has 18 heavy (non-hydrogen) atoms. The van der Waals surface area contributed by atoms with Crippen molar-refractivity contribution in [2.75, 3.05) is 19.8 Å². The van der Waals surface area contributed by atoms with E-state index < -0.39 is 0 Å². The highest BCUT2D eigenvalue weighted by Gasteiger charge is 2.34. The number of ether oxygens (including phenoxy) is 1. The molecule has 0 radical (unpaired) electrons. The molecule has 0 atom stereocenters. The Bertz CT molecular complexity index is 211. The molecule has 0 aromatic carbocycles. The molecule has 1 rings (SSSR count). The summed E-state index contributed by atoms with van der Waals surface area (Å²) in [7, 11) is 0. The van der Waals surface area contributed by atoms with Crippen molar-refractivity contribution in [1.82, 2.24) is 5.32 Å². The van der Waals surface area contributed by atoms with Crippen LogP contribution in [0.1, 0.15) is 59.3 Å². The molecule has 0 amide bonds. The number of nitrogens with one attached hydrogen (secondary N) is 1. The van der Waals surface area contributed by atoms with E-state index in [2.05, 4.69) is 26.1 Å². The smallest absolute Gasteiger partial charge is 0.0540 e. The zero-order valence-electron chi connectivity index (χ0n) is 12.4. The van der Waals surface area contributed by atoms with Gasteiger partial charge in [-0.05, 0) is 43.9 Å². The first-order chi connectivity index (χ1) is 8.58. The average molecular weight is 257 g/mol. The average Bonchev–Trinajstić information content (AvgIpc) is 2.36. The van der Waals surface area contributed by atoms with Crippen LogP contribution < -0.4 is 5.32 Å². The molecule has 0 spiro atoms. The number of aliphatic hydroxyl groups is 1. The van der Waals surface area contributed by atoms with Crippen LogP contribution in [0.3, 0.4) is 0 Å². The van der Waals surface area contributed by atoms with E-state index in [9.17, 15) is 5.11 Å². The predicted octanol–water partition coefficient (Wildman–Crippen LogP) is 2.72. The zero-order valence-corrected chi connectivity index (χ0v) is 12.4. The summed E-state index contributed by atoms with van der Waals surface area (Å²) in [6.45, 7) is 9.33. The van der Waals surface area contributed by atoms with Crippen LogP contribution in [0.5, 0.6) is 0 Å². The van der Waals surface area contributed by atoms with Crippen LogP contribution in [0.25, 0.3) is 0 Å². The zero-order chi connectivity index (χ0) is 13.4. The van der Waals surface area contributed by atoms with E-state index in [1.807, 2.05) is 0 Å². The Kier molecular flexibility index (Phi) is 7.20. The minimum atomic E-state index is -0.0752. The van der Waals surface area contributed by atoms with Crippen LogP contribution in [0.2, 0.25) is 0 Å². The molecule has 1 fully saturated rings. The van der Waals surface area contributed by atoms with E-state index in [0.717, 1.165) is 58.3 Å². The van der Waals surface area contributed by atoms with Gasteiger partial charge < -0.3 is 15.2 Å². The molecule has 0 saturated heterocycles. The summed E-state index contributed by atoms with van der Waals surface area (Å²) in [6, 6.07) is 0.533. The van der Waals surface area contributed by atoms with Crippen molar-refractivity contribution in [2.45, 2.75) is 71.4 Å². The molecule has 0 aliphatic heterocycles. The molecule has 0 aromatic rings. The summed E-state index contributed by atoms with van der Waals surface area (Å²) in [4.78, 5) is 0. The monoisotopic (exact) mass is 257 g/mol. The van der Waals surface area contributed by atoms with E-state index in [-0.39, 0.29) is 6.10 Å². The summed E-state index contributed by atoms with van der Waals surface area (Å²) in [5, 5.41) is 13.3. The Morgan fingerprint density at radius 3 is 2.50 bits per heavy atom. The summed E-state index contributed by atoms with van der Waals surface area (Å²) >= 11 is 0. The molecule has 0 aromatic heterocycles. The van der Waals surface area contributed by atoms with Crippen molar-refractivity contribution in [3.05, 3.63) is 0 Å². The SMILES string of the molecule is CCCOCCC1(CNC(C)C)CCC(O)CC1. The van der Waals surface area contributed by atoms with Gasteiger partial charge in [0.05, 0.1) is 6.10 Å². The Balaban J connectivity index is 2.40. The fraction of sp³-hybridized carbons (Fsp3) is 1.00. The van der Waals surface area contributed by atoms with Crippen molar-refractivity contribution in [3.63, 3.8) is 0 Å². The van der Waals surface area contributed by atoms with Gasteiger partial charge in [-0.2, -0.15) is 0 Å². The van der Waals surface area contributed by atoms with E-state index in [0.29, 0.717) is 11.5 Å². The second-order valence-corrected chi connectivity index (χ2v) is 6.13. The second-order valence-electron chi connectivity index (χ2n) is 6.13. The highest BCUT2D eigenvalue weighted by atomic mass is 16.5. The third-order valence-electron chi connectivity index (χ3n) is 4.03. The van der Waals surface area contributed by atoms with Crippen LogP contribution in [0, 0.1) is 5.41 Å². The minimum absolute atomic E-state index is 0.0752. The molecule has 1 aliphatic carbocycles. The Morgan fingerprint density at radius 1 is 1.28 bits per heavy atom. The summed E-state index contributed by atoms with van der Waals surface area (Å²) < 4.78 is 5.65. The number of hydrogen-bond donors (Lipinski definition) is 2. The summed E-state index contributed by atoms with van der Waals surface area (Å²) in [6.07, 6.45) is 6.30. The van der Waals surface area contributed by atoms with E-state index in [4.69, 9.17) is 4.74 Å². The molecule has 3 nitrogen and oxygen atoms in total. The van der Waals surface area contributed by atoms with Gasteiger partial charge in [-0.1, -0.05) is 20.8 Å². The van der Waals surface area contributed by atoms with Crippen molar-refractivity contribution >= 4 is 0 Å². The molecule has 108 valence electrons. The lowest BCUT2D eigenvalue weighted by molar-refractivity contribution is 0.0298. The Morgan fingerprint density at radius 2 is 1.94 bits per heavy atom. The van der Waals surface area contributed by atoms with Gasteiger partial charge in [-0.25, -0.2) is 0 Å². The maximum Gasteiger partial charge on any atom is 0.0540 e. The first-order valence-corrected chi connectivity index (χ1v) is 7.57. The van der Waals surface area contributed by atoms with Crippen LogP contribution in [-0.2, 0) is 4.74 Å². The third kappa shape index (κ3) is 5.68. The molecular weight excluding hydrogens is 226 g/mol. The lowest BCUT2D eigenvalue weighted by Gasteiger charge is -2.40. The maximum absolute atomic E-state index is 9.68. The predicted molar refractivity (Wildman–Crippen MR) is 75.8 cm³/mol. The highest BCUT2D eigenvalue weighted by Crippen LogP contribution is 2.39. The summed E-state index contributed by atoms with van der Waals surface area (Å²) in [5.74, 6) is 0. The van der Waals surface area contributed by atoms with Crippen molar-refractivity contribution in [2.24, 2.45) is 5.41 Å². The highest BCUT2D eigenvalue weighted by molar-refractivity contribution is 4.87. The Labute approximate surface area is 112 Å². The fourth-order valence-corrected chi connectivity index (χ4v) is 2.69. The Hall–Kier alpha value is -0.120. The molecule has 0 bridgehead atoms. The first-order valence-electron chi connectivity index (χ1n) is 7.57. The largest absolute Gasteiger partial charge is 0.393 e. The molecule has 3 heteroatoms. The third-order valence-corrected chi connectivity index (χ3v) is 4.03. The van der Waals surface area contributed by atoms with Crippen LogP contribution in [0.4, 0.5) is 0 Å². The maximum atomic E-state index is 9.68. The lowest BCUT2D eigenvalue weighted by atomic mass is 9.71. The van der Waals surface area contributed by atoms with Crippen molar-refractivity contribution in [1.29, 1.82) is 0 Å². The molecule has 0 heterocycles. The fourth-order valence-electron chi connectivity index (χ4n) is 2.69. The van der Waals surface area contributed by atoms with Crippen molar-refractivity contribution in [3.8, 4) is 0 Å². The lowest BCUT2D eigenvalue weighted by Crippen LogP contribution is -2.41. The van der Waals surface area contributed by atoms with Gasteiger partial charge in [-0.3, -0.25) is 0 Å². The minimum Gasteiger partial charge on any atom is -0.393 e. The van der Waals surface area contributed by atoms with E-state index >= 15 is 0 Å². The second kappa shape index (κ2) is 8.13. The van der Waals surface area contributed by atoms with Gasteiger partial charge in [0.15, 0.2) is 0 Å². The van der Waals surface area contributed by atoms with E-state index in [1.54, 1.807) is 0 Å². The van der Waals surface area contributed by atoms with Gasteiger partial charge >= 0.3 is 0 Å². The van der Waals surface area contributed by atoms with Gasteiger partial charge in [0.1, 0.15) is 0 Å². The topological polar surface area (TPSA) is 41.5 Å². The summed E-state index contributed by atoms with van der Waals surface area (Å²) in [5.41, 5.74) is 0.344. The van der Waals surface area contributed by atoms with Gasteiger partial charge in [0.2, 0.25) is 0 Å². The van der Waals surface area contributed by atoms with Gasteiger partial charge in [-0.15, -0.1) is 0 Å². The van der Waals surface area contributed by atoms with Crippen molar-refractivity contribution < 1.29 is 9.84 Å². The quantitative estimate of drug-likeness (QED) is 0.657. The van der Waals surface area contributed by atoms with Crippen LogP contribution in [0.15, 0.2) is 0 Å².